The molecule has 3 aromatic rings. The molecule has 0 spiro atoms. The SMILES string of the molecule is COc1ccc(C2C=C(c3ccc(OC)c(OC)c3)Nc3ncnn32)c(OC)c1. The molecule has 150 valence electrons. The van der Waals surface area contributed by atoms with Gasteiger partial charge in [0.1, 0.15) is 23.9 Å². The minimum absolute atomic E-state index is 0.210. The molecule has 0 saturated carbocycles. The first-order chi connectivity index (χ1) is 14.2. The van der Waals surface area contributed by atoms with E-state index in [-0.39, 0.29) is 6.04 Å². The van der Waals surface area contributed by atoms with Crippen LogP contribution in [0.25, 0.3) is 5.70 Å². The van der Waals surface area contributed by atoms with Crippen molar-refractivity contribution in [2.24, 2.45) is 0 Å². The molecule has 0 aliphatic carbocycles. The molecule has 0 fully saturated rings. The van der Waals surface area contributed by atoms with Crippen LogP contribution in [0.5, 0.6) is 23.0 Å². The minimum atomic E-state index is -0.210. The molecule has 1 N–H and O–H groups in total. The lowest BCUT2D eigenvalue weighted by atomic mass is 10.0. The Labute approximate surface area is 168 Å². The Hall–Kier alpha value is -3.68. The normalized spacial score (nSPS) is 15.0. The number of rotatable bonds is 6. The number of nitrogens with one attached hydrogen (secondary N) is 1. The number of nitrogens with zero attached hydrogens (tertiary/aromatic N) is 3. The molecule has 1 aliphatic heterocycles. The van der Waals surface area contributed by atoms with Gasteiger partial charge >= 0.3 is 0 Å². The molecule has 29 heavy (non-hydrogen) atoms. The van der Waals surface area contributed by atoms with Crippen LogP contribution in [-0.2, 0) is 0 Å². The Morgan fingerprint density at radius 2 is 1.66 bits per heavy atom. The van der Waals surface area contributed by atoms with E-state index in [1.54, 1.807) is 28.4 Å². The lowest BCUT2D eigenvalue weighted by molar-refractivity contribution is 0.355. The maximum atomic E-state index is 5.61. The van der Waals surface area contributed by atoms with Crippen molar-refractivity contribution in [3.05, 3.63) is 59.9 Å². The molecule has 4 rings (SSSR count). The monoisotopic (exact) mass is 394 g/mol. The summed E-state index contributed by atoms with van der Waals surface area (Å²) in [6.45, 7) is 0. The lowest BCUT2D eigenvalue weighted by Crippen LogP contribution is -2.20. The summed E-state index contributed by atoms with van der Waals surface area (Å²) in [6.07, 6.45) is 3.60. The molecule has 2 aromatic carbocycles. The smallest absolute Gasteiger partial charge is 0.226 e. The third-order valence-corrected chi connectivity index (χ3v) is 4.86. The van der Waals surface area contributed by atoms with Gasteiger partial charge in [-0.1, -0.05) is 0 Å². The quantitative estimate of drug-likeness (QED) is 0.687. The minimum Gasteiger partial charge on any atom is -0.497 e. The standard InChI is InChI=1S/C21H22N4O4/c1-26-14-6-7-15(19(10-14)28-3)17-11-16(24-21-22-12-23-25(17)21)13-5-8-18(27-2)20(9-13)29-4/h5-12,17H,1-4H3,(H,22,23,24). The van der Waals surface area contributed by atoms with Crippen LogP contribution >= 0.6 is 0 Å². The van der Waals surface area contributed by atoms with Crippen molar-refractivity contribution in [1.82, 2.24) is 14.8 Å². The van der Waals surface area contributed by atoms with Gasteiger partial charge in [0, 0.05) is 22.9 Å². The van der Waals surface area contributed by atoms with E-state index in [0.29, 0.717) is 23.2 Å². The van der Waals surface area contributed by atoms with Crippen molar-refractivity contribution in [2.75, 3.05) is 33.8 Å². The summed E-state index contributed by atoms with van der Waals surface area (Å²) in [5, 5.41) is 7.72. The van der Waals surface area contributed by atoms with Gasteiger partial charge in [-0.3, -0.25) is 0 Å². The predicted molar refractivity (Wildman–Crippen MR) is 109 cm³/mol. The average Bonchev–Trinajstić information content (AvgIpc) is 3.26. The van der Waals surface area contributed by atoms with Crippen LogP contribution in [-0.4, -0.2) is 43.2 Å². The molecule has 0 radical (unpaired) electrons. The Kier molecular flexibility index (Phi) is 4.99. The Bertz CT molecular complexity index is 1060. The van der Waals surface area contributed by atoms with Crippen molar-refractivity contribution in [1.29, 1.82) is 0 Å². The number of aromatic nitrogens is 3. The van der Waals surface area contributed by atoms with Crippen molar-refractivity contribution in [3.63, 3.8) is 0 Å². The molecule has 8 heteroatoms. The first-order valence-corrected chi connectivity index (χ1v) is 9.01. The summed E-state index contributed by atoms with van der Waals surface area (Å²) in [4.78, 5) is 4.35. The molecule has 0 amide bonds. The Balaban J connectivity index is 1.81. The zero-order chi connectivity index (χ0) is 20.4. The molecule has 1 aliphatic rings. The summed E-state index contributed by atoms with van der Waals surface area (Å²) in [6, 6.07) is 11.3. The van der Waals surface area contributed by atoms with Crippen molar-refractivity contribution in [3.8, 4) is 23.0 Å². The number of methoxy groups -OCH3 is 4. The molecule has 0 bridgehead atoms. The van der Waals surface area contributed by atoms with Crippen LogP contribution in [0.3, 0.4) is 0 Å². The van der Waals surface area contributed by atoms with Gasteiger partial charge in [0.05, 0.1) is 28.4 Å². The van der Waals surface area contributed by atoms with Gasteiger partial charge < -0.3 is 24.3 Å². The number of hydrogen-bond acceptors (Lipinski definition) is 7. The Morgan fingerprint density at radius 3 is 2.38 bits per heavy atom. The fraction of sp³-hybridized carbons (Fsp3) is 0.238. The zero-order valence-corrected chi connectivity index (χ0v) is 16.7. The first-order valence-electron chi connectivity index (χ1n) is 9.01. The second-order valence-corrected chi connectivity index (χ2v) is 6.36. The highest BCUT2D eigenvalue weighted by atomic mass is 16.5. The van der Waals surface area contributed by atoms with Crippen LogP contribution in [0.15, 0.2) is 48.8 Å². The largest absolute Gasteiger partial charge is 0.497 e. The van der Waals surface area contributed by atoms with Crippen LogP contribution in [0.2, 0.25) is 0 Å². The number of hydrogen-bond donors (Lipinski definition) is 1. The second-order valence-electron chi connectivity index (χ2n) is 6.36. The maximum absolute atomic E-state index is 5.61. The molecule has 1 aromatic heterocycles. The summed E-state index contributed by atoms with van der Waals surface area (Å²) >= 11 is 0. The topological polar surface area (TPSA) is 79.7 Å². The van der Waals surface area contributed by atoms with E-state index in [0.717, 1.165) is 22.6 Å². The highest BCUT2D eigenvalue weighted by molar-refractivity contribution is 5.78. The van der Waals surface area contributed by atoms with Crippen LogP contribution in [0.1, 0.15) is 17.2 Å². The number of allylic oxidation sites excluding steroid dienone is 1. The molecule has 8 nitrogen and oxygen atoms in total. The van der Waals surface area contributed by atoms with E-state index in [9.17, 15) is 0 Å². The molecule has 0 saturated heterocycles. The second kappa shape index (κ2) is 7.75. The van der Waals surface area contributed by atoms with E-state index in [1.165, 1.54) is 6.33 Å². The fourth-order valence-corrected chi connectivity index (χ4v) is 3.39. The van der Waals surface area contributed by atoms with E-state index in [2.05, 4.69) is 21.5 Å². The first kappa shape index (κ1) is 18.7. The van der Waals surface area contributed by atoms with Crippen LogP contribution < -0.4 is 24.3 Å². The number of benzene rings is 2. The van der Waals surface area contributed by atoms with Gasteiger partial charge in [0.25, 0.3) is 0 Å². The summed E-state index contributed by atoms with van der Waals surface area (Å²) in [5.74, 6) is 3.39. The van der Waals surface area contributed by atoms with Gasteiger partial charge in [-0.2, -0.15) is 10.1 Å². The maximum Gasteiger partial charge on any atom is 0.226 e. The summed E-state index contributed by atoms with van der Waals surface area (Å²) in [5.41, 5.74) is 2.77. The molecular weight excluding hydrogens is 372 g/mol. The van der Waals surface area contributed by atoms with Crippen LogP contribution in [0.4, 0.5) is 5.95 Å². The highest BCUT2D eigenvalue weighted by Gasteiger charge is 2.26. The lowest BCUT2D eigenvalue weighted by Gasteiger charge is -2.26. The van der Waals surface area contributed by atoms with Gasteiger partial charge in [-0.15, -0.1) is 0 Å². The Morgan fingerprint density at radius 1 is 0.862 bits per heavy atom. The van der Waals surface area contributed by atoms with Crippen LogP contribution in [0, 0.1) is 0 Å². The highest BCUT2D eigenvalue weighted by Crippen LogP contribution is 2.39. The van der Waals surface area contributed by atoms with Gasteiger partial charge in [-0.25, -0.2) is 4.68 Å². The van der Waals surface area contributed by atoms with E-state index >= 15 is 0 Å². The average molecular weight is 394 g/mol. The summed E-state index contributed by atoms with van der Waals surface area (Å²) in [7, 11) is 6.50. The zero-order valence-electron chi connectivity index (χ0n) is 16.7. The van der Waals surface area contributed by atoms with Gasteiger partial charge in [-0.05, 0) is 36.4 Å². The predicted octanol–water partition coefficient (Wildman–Crippen LogP) is 3.37. The van der Waals surface area contributed by atoms with Gasteiger partial charge in [0.15, 0.2) is 11.5 Å². The third-order valence-electron chi connectivity index (χ3n) is 4.86. The molecule has 1 atom stereocenters. The molecule has 2 heterocycles. The van der Waals surface area contributed by atoms with Crippen molar-refractivity contribution < 1.29 is 18.9 Å². The number of fused-ring (bicyclic) bond motifs is 1. The summed E-state index contributed by atoms with van der Waals surface area (Å²) < 4.78 is 23.5. The molecular formula is C21H22N4O4. The fourth-order valence-electron chi connectivity index (χ4n) is 3.39. The number of ether oxygens (including phenoxy) is 4. The van der Waals surface area contributed by atoms with Crippen molar-refractivity contribution in [2.45, 2.75) is 6.04 Å². The van der Waals surface area contributed by atoms with E-state index in [4.69, 9.17) is 18.9 Å². The van der Waals surface area contributed by atoms with Gasteiger partial charge in [0.2, 0.25) is 5.95 Å². The van der Waals surface area contributed by atoms with Crippen molar-refractivity contribution >= 4 is 11.6 Å². The van der Waals surface area contributed by atoms with E-state index in [1.807, 2.05) is 41.1 Å². The van der Waals surface area contributed by atoms with E-state index < -0.39 is 0 Å². The molecule has 1 unspecified atom stereocenters. The number of anilines is 1. The third kappa shape index (κ3) is 3.33.